The van der Waals surface area contributed by atoms with E-state index in [2.05, 4.69) is 11.9 Å². The summed E-state index contributed by atoms with van der Waals surface area (Å²) in [6, 6.07) is 6.35. The van der Waals surface area contributed by atoms with Crippen LogP contribution in [0.5, 0.6) is 0 Å². The highest BCUT2D eigenvalue weighted by atomic mass is 32.2. The van der Waals surface area contributed by atoms with Gasteiger partial charge in [0.25, 0.3) is 5.91 Å². The van der Waals surface area contributed by atoms with Crippen LogP contribution in [0.4, 0.5) is 5.69 Å². The Morgan fingerprint density at radius 2 is 2.10 bits per heavy atom. The molecule has 5 nitrogen and oxygen atoms in total. The highest BCUT2D eigenvalue weighted by molar-refractivity contribution is 7.91. The summed E-state index contributed by atoms with van der Waals surface area (Å²) in [5.41, 5.74) is 0.281. The normalized spacial score (nSPS) is 12.7. The van der Waals surface area contributed by atoms with E-state index >= 15 is 0 Å². The molecule has 1 unspecified atom stereocenters. The Balaban J connectivity index is 2.84. The molecule has 6 heteroatoms. The van der Waals surface area contributed by atoms with Crippen molar-refractivity contribution in [1.29, 1.82) is 0 Å². The molecule has 116 valence electrons. The molecule has 0 bridgehead atoms. The van der Waals surface area contributed by atoms with E-state index in [1.807, 2.05) is 0 Å². The summed E-state index contributed by atoms with van der Waals surface area (Å²) >= 11 is 0. The van der Waals surface area contributed by atoms with E-state index in [1.165, 1.54) is 6.07 Å². The Kier molecular flexibility index (Phi) is 6.58. The molecule has 1 aromatic carbocycles. The number of carbonyl (C=O) groups excluding carboxylic acids is 1. The molecule has 1 aromatic rings. The average molecular weight is 311 g/mol. The Morgan fingerprint density at radius 1 is 1.43 bits per heavy atom. The first-order valence-corrected chi connectivity index (χ1v) is 8.42. The number of anilines is 1. The fourth-order valence-electron chi connectivity index (χ4n) is 1.63. The number of amides is 1. The largest absolute Gasteiger partial charge is 0.368 e. The minimum Gasteiger partial charge on any atom is -0.368 e. The molecule has 0 aliphatic carbocycles. The van der Waals surface area contributed by atoms with Gasteiger partial charge >= 0.3 is 0 Å². The van der Waals surface area contributed by atoms with Crippen LogP contribution in [-0.4, -0.2) is 32.8 Å². The van der Waals surface area contributed by atoms with Gasteiger partial charge in [-0.25, -0.2) is 8.42 Å². The van der Waals surface area contributed by atoms with Crippen LogP contribution < -0.4 is 5.32 Å². The number of carbonyl (C=O) groups is 1. The molecular weight excluding hydrogens is 290 g/mol. The number of ether oxygens (including phenoxy) is 1. The maximum Gasteiger partial charge on any atom is 0.253 e. The van der Waals surface area contributed by atoms with Crippen molar-refractivity contribution in [3.05, 3.63) is 36.9 Å². The number of hydrogen-bond acceptors (Lipinski definition) is 4. The standard InChI is InChI=1S/C15H21NO4S/c1-4-6-11-20-12(3)15(17)16-13-9-7-8-10-14(13)21(18,19)5-2/h4,7-10,12H,1,5-6,11H2,2-3H3,(H,16,17). The average Bonchev–Trinajstić information content (AvgIpc) is 2.47. The van der Waals surface area contributed by atoms with Crippen LogP contribution in [0.2, 0.25) is 0 Å². The van der Waals surface area contributed by atoms with Crippen molar-refractivity contribution in [2.75, 3.05) is 17.7 Å². The van der Waals surface area contributed by atoms with Gasteiger partial charge in [0, 0.05) is 0 Å². The molecule has 0 radical (unpaired) electrons. The van der Waals surface area contributed by atoms with E-state index in [-0.39, 0.29) is 22.2 Å². The van der Waals surface area contributed by atoms with Gasteiger partial charge in [-0.1, -0.05) is 25.1 Å². The summed E-state index contributed by atoms with van der Waals surface area (Å²) in [6.07, 6.45) is 1.69. The second kappa shape index (κ2) is 7.95. The quantitative estimate of drug-likeness (QED) is 0.591. The molecule has 1 amide bonds. The molecule has 1 N–H and O–H groups in total. The molecule has 0 aliphatic heterocycles. The molecule has 0 saturated heterocycles. The Hall–Kier alpha value is -1.66. The van der Waals surface area contributed by atoms with Crippen LogP contribution in [0, 0.1) is 0 Å². The van der Waals surface area contributed by atoms with Gasteiger partial charge in [-0.15, -0.1) is 6.58 Å². The zero-order valence-electron chi connectivity index (χ0n) is 12.3. The van der Waals surface area contributed by atoms with E-state index < -0.39 is 15.9 Å². The first-order valence-electron chi connectivity index (χ1n) is 6.77. The van der Waals surface area contributed by atoms with Crippen LogP contribution in [-0.2, 0) is 19.4 Å². The zero-order chi connectivity index (χ0) is 15.9. The molecule has 0 saturated carbocycles. The van der Waals surface area contributed by atoms with Crippen molar-refractivity contribution in [2.45, 2.75) is 31.3 Å². The second-order valence-electron chi connectivity index (χ2n) is 4.48. The number of hydrogen-bond donors (Lipinski definition) is 1. The van der Waals surface area contributed by atoms with Gasteiger partial charge in [-0.05, 0) is 25.5 Å². The molecule has 21 heavy (non-hydrogen) atoms. The highest BCUT2D eigenvalue weighted by Gasteiger charge is 2.19. The summed E-state index contributed by atoms with van der Waals surface area (Å²) in [6.45, 7) is 7.15. The van der Waals surface area contributed by atoms with Gasteiger partial charge in [-0.3, -0.25) is 4.79 Å². The fraction of sp³-hybridized carbons (Fsp3) is 0.400. The monoisotopic (exact) mass is 311 g/mol. The minimum absolute atomic E-state index is 0.0225. The highest BCUT2D eigenvalue weighted by Crippen LogP contribution is 2.22. The molecular formula is C15H21NO4S. The minimum atomic E-state index is -3.39. The van der Waals surface area contributed by atoms with Gasteiger partial charge < -0.3 is 10.1 Å². The summed E-state index contributed by atoms with van der Waals surface area (Å²) in [7, 11) is -3.39. The van der Waals surface area contributed by atoms with Crippen molar-refractivity contribution >= 4 is 21.4 Å². The predicted molar refractivity (Wildman–Crippen MR) is 83.0 cm³/mol. The van der Waals surface area contributed by atoms with Crippen LogP contribution in [0.25, 0.3) is 0 Å². The van der Waals surface area contributed by atoms with Crippen molar-refractivity contribution < 1.29 is 17.9 Å². The predicted octanol–water partition coefficient (Wildman–Crippen LogP) is 2.40. The van der Waals surface area contributed by atoms with Crippen LogP contribution in [0.1, 0.15) is 20.3 Å². The number of sulfone groups is 1. The molecule has 0 heterocycles. The summed E-state index contributed by atoms with van der Waals surface area (Å²) in [5, 5.41) is 2.61. The van der Waals surface area contributed by atoms with Crippen LogP contribution in [0.15, 0.2) is 41.8 Å². The smallest absolute Gasteiger partial charge is 0.253 e. The van der Waals surface area contributed by atoms with Crippen molar-refractivity contribution in [1.82, 2.24) is 0 Å². The Labute approximate surface area is 125 Å². The van der Waals surface area contributed by atoms with E-state index in [0.717, 1.165) is 0 Å². The maximum atomic E-state index is 12.0. The van der Waals surface area contributed by atoms with Crippen molar-refractivity contribution in [3.63, 3.8) is 0 Å². The Bertz CT molecular complexity index is 595. The van der Waals surface area contributed by atoms with Gasteiger partial charge in [0.1, 0.15) is 6.10 Å². The second-order valence-corrected chi connectivity index (χ2v) is 6.73. The van der Waals surface area contributed by atoms with Crippen LogP contribution in [0.3, 0.4) is 0 Å². The SMILES string of the molecule is C=CCCOC(C)C(=O)Nc1ccccc1S(=O)(=O)CC. The fourth-order valence-corrected chi connectivity index (χ4v) is 2.69. The van der Waals surface area contributed by atoms with Gasteiger partial charge in [0.15, 0.2) is 9.84 Å². The number of benzene rings is 1. The lowest BCUT2D eigenvalue weighted by molar-refractivity contribution is -0.126. The van der Waals surface area contributed by atoms with Crippen LogP contribution >= 0.6 is 0 Å². The summed E-state index contributed by atoms with van der Waals surface area (Å²) in [5.74, 6) is -0.400. The van der Waals surface area contributed by atoms with E-state index in [1.54, 1.807) is 38.1 Å². The zero-order valence-corrected chi connectivity index (χ0v) is 13.2. The van der Waals surface area contributed by atoms with Crippen molar-refractivity contribution in [3.8, 4) is 0 Å². The molecule has 1 rings (SSSR count). The Morgan fingerprint density at radius 3 is 2.71 bits per heavy atom. The molecule has 0 fully saturated rings. The number of nitrogens with one attached hydrogen (secondary N) is 1. The summed E-state index contributed by atoms with van der Waals surface area (Å²) in [4.78, 5) is 12.1. The lowest BCUT2D eigenvalue weighted by Crippen LogP contribution is -2.28. The van der Waals surface area contributed by atoms with Gasteiger partial charge in [-0.2, -0.15) is 0 Å². The maximum absolute atomic E-state index is 12.0. The van der Waals surface area contributed by atoms with Gasteiger partial charge in [0.05, 0.1) is 22.9 Å². The third kappa shape index (κ3) is 4.99. The van der Waals surface area contributed by atoms with E-state index in [4.69, 9.17) is 4.74 Å². The third-order valence-electron chi connectivity index (χ3n) is 2.92. The topological polar surface area (TPSA) is 72.5 Å². The van der Waals surface area contributed by atoms with Crippen molar-refractivity contribution in [2.24, 2.45) is 0 Å². The summed E-state index contributed by atoms with van der Waals surface area (Å²) < 4.78 is 29.3. The first-order chi connectivity index (χ1) is 9.92. The number of para-hydroxylation sites is 1. The molecule has 0 spiro atoms. The molecule has 0 aliphatic rings. The van der Waals surface area contributed by atoms with E-state index in [0.29, 0.717) is 13.0 Å². The first kappa shape index (κ1) is 17.4. The van der Waals surface area contributed by atoms with Gasteiger partial charge in [0.2, 0.25) is 0 Å². The lowest BCUT2D eigenvalue weighted by atomic mass is 10.3. The third-order valence-corrected chi connectivity index (χ3v) is 4.71. The molecule has 1 atom stereocenters. The molecule has 0 aromatic heterocycles. The number of rotatable bonds is 8. The lowest BCUT2D eigenvalue weighted by Gasteiger charge is -2.15. The van der Waals surface area contributed by atoms with E-state index in [9.17, 15) is 13.2 Å².